The standard InChI is InChI=1S/C33H42ClN3O2/c1-4-36(20-24-9-12-27(34)13-10-24)21-25-15-18-37(22-25)17-6-8-28-29-7-5-16-35-31(29)23-39-32-14-11-26(19-30(28)32)33(2,3)38/h5,7-14,16,19,25,30,32,38H,4,6,15,17-18,20-23H2,1-3H3. The van der Waals surface area contributed by atoms with Crippen LogP contribution in [0.1, 0.15) is 50.4 Å². The van der Waals surface area contributed by atoms with Crippen LogP contribution >= 0.6 is 11.6 Å². The van der Waals surface area contributed by atoms with Gasteiger partial charge in [-0.2, -0.15) is 0 Å². The Morgan fingerprint density at radius 3 is 2.82 bits per heavy atom. The summed E-state index contributed by atoms with van der Waals surface area (Å²) in [6.45, 7) is 13.0. The Labute approximate surface area is 238 Å². The summed E-state index contributed by atoms with van der Waals surface area (Å²) in [6.07, 6.45) is 12.7. The van der Waals surface area contributed by atoms with Gasteiger partial charge in [-0.3, -0.25) is 9.88 Å². The second-order valence-corrected chi connectivity index (χ2v) is 12.1. The molecule has 2 aromatic rings. The fraction of sp³-hybridized carbons (Fsp3) is 0.485. The summed E-state index contributed by atoms with van der Waals surface area (Å²) >= 11 is 6.07. The van der Waals surface area contributed by atoms with Gasteiger partial charge in [-0.1, -0.05) is 61.0 Å². The first-order chi connectivity index (χ1) is 18.8. The second kappa shape index (κ2) is 12.5. The van der Waals surface area contributed by atoms with Crippen molar-refractivity contribution in [3.05, 3.63) is 94.3 Å². The van der Waals surface area contributed by atoms with Gasteiger partial charge in [-0.15, -0.1) is 0 Å². The molecule has 5 nitrogen and oxygen atoms in total. The van der Waals surface area contributed by atoms with E-state index in [0.717, 1.165) is 62.0 Å². The van der Waals surface area contributed by atoms with Gasteiger partial charge in [0.25, 0.3) is 0 Å². The van der Waals surface area contributed by atoms with E-state index in [2.05, 4.69) is 58.1 Å². The molecule has 3 unspecified atom stereocenters. The lowest BCUT2D eigenvalue weighted by atomic mass is 9.80. The van der Waals surface area contributed by atoms with Crippen LogP contribution in [-0.4, -0.2) is 64.3 Å². The number of rotatable bonds is 9. The van der Waals surface area contributed by atoms with Crippen molar-refractivity contribution in [1.82, 2.24) is 14.8 Å². The van der Waals surface area contributed by atoms with Crippen LogP contribution in [0.4, 0.5) is 0 Å². The Hall–Kier alpha value is -2.28. The molecule has 6 heteroatoms. The van der Waals surface area contributed by atoms with Crippen LogP contribution in [-0.2, 0) is 17.9 Å². The summed E-state index contributed by atoms with van der Waals surface area (Å²) in [6, 6.07) is 12.4. The fourth-order valence-corrected chi connectivity index (χ4v) is 6.22. The van der Waals surface area contributed by atoms with Crippen LogP contribution in [0.15, 0.2) is 72.5 Å². The van der Waals surface area contributed by atoms with Crippen LogP contribution in [0.3, 0.4) is 0 Å². The van der Waals surface area contributed by atoms with E-state index < -0.39 is 5.60 Å². The summed E-state index contributed by atoms with van der Waals surface area (Å²) in [5.74, 6) is 0.769. The lowest BCUT2D eigenvalue weighted by molar-refractivity contribution is 0.0570. The summed E-state index contributed by atoms with van der Waals surface area (Å²) < 4.78 is 6.28. The summed E-state index contributed by atoms with van der Waals surface area (Å²) in [5.41, 5.74) is 4.80. The van der Waals surface area contributed by atoms with E-state index in [4.69, 9.17) is 16.3 Å². The zero-order chi connectivity index (χ0) is 27.4. The van der Waals surface area contributed by atoms with Crippen molar-refractivity contribution in [2.75, 3.05) is 32.7 Å². The molecule has 1 aromatic heterocycles. The molecule has 3 atom stereocenters. The Morgan fingerprint density at radius 2 is 2.05 bits per heavy atom. The number of aliphatic hydroxyl groups is 1. The molecular weight excluding hydrogens is 506 g/mol. The van der Waals surface area contributed by atoms with Crippen molar-refractivity contribution in [3.8, 4) is 0 Å². The lowest BCUT2D eigenvalue weighted by Gasteiger charge is -2.30. The highest BCUT2D eigenvalue weighted by Crippen LogP contribution is 2.39. The predicted octanol–water partition coefficient (Wildman–Crippen LogP) is 6.13. The van der Waals surface area contributed by atoms with Crippen molar-refractivity contribution in [2.24, 2.45) is 11.8 Å². The van der Waals surface area contributed by atoms with Gasteiger partial charge in [-0.05, 0) is 80.6 Å². The number of likely N-dealkylation sites (tertiary alicyclic amines) is 1. The normalized spacial score (nSPS) is 24.5. The van der Waals surface area contributed by atoms with E-state index in [1.54, 1.807) is 0 Å². The maximum atomic E-state index is 10.7. The fourth-order valence-electron chi connectivity index (χ4n) is 6.10. The maximum absolute atomic E-state index is 10.7. The van der Waals surface area contributed by atoms with E-state index in [-0.39, 0.29) is 12.0 Å². The van der Waals surface area contributed by atoms with E-state index >= 15 is 0 Å². The third-order valence-electron chi connectivity index (χ3n) is 8.32. The topological polar surface area (TPSA) is 48.8 Å². The van der Waals surface area contributed by atoms with E-state index in [9.17, 15) is 5.11 Å². The first-order valence-corrected chi connectivity index (χ1v) is 14.8. The minimum atomic E-state index is -0.888. The van der Waals surface area contributed by atoms with Crippen molar-refractivity contribution < 1.29 is 9.84 Å². The zero-order valence-corrected chi connectivity index (χ0v) is 24.3. The third kappa shape index (κ3) is 7.08. The van der Waals surface area contributed by atoms with Crippen molar-refractivity contribution in [2.45, 2.75) is 58.5 Å². The number of hydrogen-bond acceptors (Lipinski definition) is 5. The van der Waals surface area contributed by atoms with Crippen LogP contribution < -0.4 is 0 Å². The molecule has 0 amide bonds. The van der Waals surface area contributed by atoms with Gasteiger partial charge in [-0.25, -0.2) is 0 Å². The molecule has 1 N–H and O–H groups in total. The molecule has 208 valence electrons. The van der Waals surface area contributed by atoms with Gasteiger partial charge in [0.15, 0.2) is 0 Å². The zero-order valence-electron chi connectivity index (χ0n) is 23.5. The Morgan fingerprint density at radius 1 is 1.23 bits per heavy atom. The van der Waals surface area contributed by atoms with E-state index in [1.165, 1.54) is 23.1 Å². The number of nitrogens with zero attached hydrogens (tertiary/aromatic N) is 3. The molecule has 1 aromatic carbocycles. The number of aromatic nitrogens is 1. The average Bonchev–Trinajstić information content (AvgIpc) is 3.31. The van der Waals surface area contributed by atoms with Gasteiger partial charge in [0.05, 0.1) is 24.0 Å². The maximum Gasteiger partial charge on any atom is 0.0902 e. The minimum Gasteiger partial charge on any atom is -0.386 e. The number of hydrogen-bond donors (Lipinski definition) is 1. The molecule has 39 heavy (non-hydrogen) atoms. The molecule has 0 radical (unpaired) electrons. The Balaban J connectivity index is 1.23. The molecule has 2 aliphatic heterocycles. The molecule has 1 fully saturated rings. The number of benzene rings is 1. The highest BCUT2D eigenvalue weighted by molar-refractivity contribution is 6.30. The number of halogens is 1. The van der Waals surface area contributed by atoms with E-state index in [0.29, 0.717) is 12.5 Å². The smallest absolute Gasteiger partial charge is 0.0902 e. The number of pyridine rings is 1. The molecule has 3 aliphatic rings. The Bertz CT molecular complexity index is 1210. The van der Waals surface area contributed by atoms with Crippen molar-refractivity contribution in [3.63, 3.8) is 0 Å². The van der Waals surface area contributed by atoms with Crippen LogP contribution in [0.25, 0.3) is 5.57 Å². The monoisotopic (exact) mass is 547 g/mol. The van der Waals surface area contributed by atoms with E-state index in [1.807, 2.05) is 44.3 Å². The first-order valence-electron chi connectivity index (χ1n) is 14.4. The summed E-state index contributed by atoms with van der Waals surface area (Å²) in [5, 5.41) is 11.5. The average molecular weight is 548 g/mol. The van der Waals surface area contributed by atoms with Crippen LogP contribution in [0.5, 0.6) is 0 Å². The number of ether oxygens (including phenoxy) is 1. The summed E-state index contributed by atoms with van der Waals surface area (Å²) in [4.78, 5) is 9.81. The molecule has 3 heterocycles. The largest absolute Gasteiger partial charge is 0.386 e. The SMILES string of the molecule is CCN(Cc1ccc(Cl)cc1)CC1CCN(CCC=C2c3cccnc3COC3C=CC(C(C)(C)O)=CC23)C1. The van der Waals surface area contributed by atoms with Crippen LogP contribution in [0.2, 0.25) is 5.02 Å². The number of fused-ring (bicyclic) bond motifs is 2. The molecule has 0 saturated carbocycles. The van der Waals surface area contributed by atoms with Crippen LogP contribution in [0, 0.1) is 11.8 Å². The first kappa shape index (κ1) is 28.3. The molecule has 1 aliphatic carbocycles. The lowest BCUT2D eigenvalue weighted by Crippen LogP contribution is -2.31. The highest BCUT2D eigenvalue weighted by atomic mass is 35.5. The van der Waals surface area contributed by atoms with Gasteiger partial charge in [0, 0.05) is 48.9 Å². The third-order valence-corrected chi connectivity index (χ3v) is 8.57. The van der Waals surface area contributed by atoms with Gasteiger partial charge >= 0.3 is 0 Å². The van der Waals surface area contributed by atoms with Gasteiger partial charge in [0.2, 0.25) is 0 Å². The minimum absolute atomic E-state index is 0.0478. The van der Waals surface area contributed by atoms with Gasteiger partial charge in [0.1, 0.15) is 0 Å². The van der Waals surface area contributed by atoms with Crippen molar-refractivity contribution in [1.29, 1.82) is 0 Å². The van der Waals surface area contributed by atoms with Crippen molar-refractivity contribution >= 4 is 17.2 Å². The van der Waals surface area contributed by atoms with Gasteiger partial charge < -0.3 is 14.7 Å². The predicted molar refractivity (Wildman–Crippen MR) is 159 cm³/mol. The molecular formula is C33H42ClN3O2. The molecule has 1 saturated heterocycles. The highest BCUT2D eigenvalue weighted by Gasteiger charge is 2.33. The summed E-state index contributed by atoms with van der Waals surface area (Å²) in [7, 11) is 0. The second-order valence-electron chi connectivity index (χ2n) is 11.7. The molecule has 5 rings (SSSR count). The quantitative estimate of drug-likeness (QED) is 0.409. The molecule has 0 bridgehead atoms. The Kier molecular flexibility index (Phi) is 9.05. The molecule has 0 spiro atoms.